The Balaban J connectivity index is 1.58. The molecule has 3 rings (SSSR count). The first-order chi connectivity index (χ1) is 13.7. The molecule has 144 valence electrons. The number of amides is 2. The van der Waals surface area contributed by atoms with Gasteiger partial charge in [-0.1, -0.05) is 30.3 Å². The predicted octanol–water partition coefficient (Wildman–Crippen LogP) is 1.86. The van der Waals surface area contributed by atoms with E-state index in [-0.39, 0.29) is 24.8 Å². The maximum atomic E-state index is 12.4. The van der Waals surface area contributed by atoms with Crippen molar-refractivity contribution >= 4 is 11.8 Å². The van der Waals surface area contributed by atoms with E-state index in [1.54, 1.807) is 37.8 Å². The predicted molar refractivity (Wildman–Crippen MR) is 105 cm³/mol. The topological polar surface area (TPSA) is 85.2 Å². The second kappa shape index (κ2) is 9.36. The molecule has 28 heavy (non-hydrogen) atoms. The number of carbonyl (C=O) groups excluding carboxylic acids is 2. The second-order valence-corrected chi connectivity index (χ2v) is 6.16. The number of hydrogen-bond acceptors (Lipinski definition) is 4. The van der Waals surface area contributed by atoms with Crippen LogP contribution in [0.2, 0.25) is 0 Å². The van der Waals surface area contributed by atoms with Gasteiger partial charge >= 0.3 is 0 Å². The van der Waals surface area contributed by atoms with Gasteiger partial charge in [0.2, 0.25) is 5.91 Å². The average molecular weight is 378 g/mol. The summed E-state index contributed by atoms with van der Waals surface area (Å²) in [4.78, 5) is 27.7. The molecule has 1 heterocycles. The number of imidazole rings is 1. The minimum Gasteiger partial charge on any atom is -0.484 e. The molecule has 0 spiro atoms. The lowest BCUT2D eigenvalue weighted by Crippen LogP contribution is -2.25. The van der Waals surface area contributed by atoms with Gasteiger partial charge in [-0.05, 0) is 29.3 Å². The van der Waals surface area contributed by atoms with Crippen molar-refractivity contribution in [1.82, 2.24) is 20.2 Å². The standard InChI is InChI=1S/C21H22N4O3/c1-22-21(27)14-28-18-7-4-5-16(11-18)12-20(26)24-13-17-6-2-3-8-19(17)25-10-9-23-15-25/h2-11,15H,12-14H2,1H3,(H,22,27)(H,24,26). The third-order valence-electron chi connectivity index (χ3n) is 4.16. The number of para-hydroxylation sites is 1. The second-order valence-electron chi connectivity index (χ2n) is 6.16. The van der Waals surface area contributed by atoms with Gasteiger partial charge in [0, 0.05) is 26.0 Å². The summed E-state index contributed by atoms with van der Waals surface area (Å²) >= 11 is 0. The highest BCUT2D eigenvalue weighted by molar-refractivity contribution is 5.79. The van der Waals surface area contributed by atoms with Crippen LogP contribution in [0.1, 0.15) is 11.1 Å². The Morgan fingerprint density at radius 1 is 1.11 bits per heavy atom. The fourth-order valence-electron chi connectivity index (χ4n) is 2.72. The minimum absolute atomic E-state index is 0.0583. The van der Waals surface area contributed by atoms with Gasteiger partial charge in [-0.15, -0.1) is 0 Å². The molecule has 2 aromatic carbocycles. The highest BCUT2D eigenvalue weighted by atomic mass is 16.5. The highest BCUT2D eigenvalue weighted by Crippen LogP contribution is 2.15. The molecular formula is C21H22N4O3. The van der Waals surface area contributed by atoms with E-state index < -0.39 is 0 Å². The van der Waals surface area contributed by atoms with Gasteiger partial charge in [-0.25, -0.2) is 4.98 Å². The molecule has 0 unspecified atom stereocenters. The average Bonchev–Trinajstić information content (AvgIpc) is 3.25. The van der Waals surface area contributed by atoms with E-state index in [2.05, 4.69) is 15.6 Å². The molecule has 7 nitrogen and oxygen atoms in total. The van der Waals surface area contributed by atoms with E-state index in [0.717, 1.165) is 16.8 Å². The number of likely N-dealkylation sites (N-methyl/N-ethyl adjacent to an activating group) is 1. The molecule has 0 saturated carbocycles. The number of hydrogen-bond donors (Lipinski definition) is 2. The van der Waals surface area contributed by atoms with Gasteiger partial charge in [-0.3, -0.25) is 9.59 Å². The monoisotopic (exact) mass is 378 g/mol. The molecule has 1 aromatic heterocycles. The van der Waals surface area contributed by atoms with Crippen molar-refractivity contribution in [2.45, 2.75) is 13.0 Å². The molecule has 0 saturated heterocycles. The van der Waals surface area contributed by atoms with Gasteiger partial charge in [0.25, 0.3) is 5.91 Å². The molecule has 0 atom stereocenters. The first-order valence-electron chi connectivity index (χ1n) is 8.91. The third-order valence-corrected chi connectivity index (χ3v) is 4.16. The number of carbonyl (C=O) groups is 2. The van der Waals surface area contributed by atoms with Crippen LogP contribution >= 0.6 is 0 Å². The van der Waals surface area contributed by atoms with Crippen LogP contribution in [0.25, 0.3) is 5.69 Å². The molecular weight excluding hydrogens is 356 g/mol. The van der Waals surface area contributed by atoms with Crippen LogP contribution in [0.15, 0.2) is 67.3 Å². The normalized spacial score (nSPS) is 10.3. The van der Waals surface area contributed by atoms with Crippen LogP contribution in [0.4, 0.5) is 0 Å². The van der Waals surface area contributed by atoms with Crippen LogP contribution in [0.5, 0.6) is 5.75 Å². The highest BCUT2D eigenvalue weighted by Gasteiger charge is 2.08. The van der Waals surface area contributed by atoms with Crippen LogP contribution in [0.3, 0.4) is 0 Å². The van der Waals surface area contributed by atoms with Crippen LogP contribution in [-0.4, -0.2) is 35.0 Å². The Bertz CT molecular complexity index is 938. The van der Waals surface area contributed by atoms with Gasteiger partial charge in [0.05, 0.1) is 18.4 Å². The van der Waals surface area contributed by atoms with Crippen molar-refractivity contribution in [3.05, 3.63) is 78.4 Å². The molecule has 0 aliphatic heterocycles. The van der Waals surface area contributed by atoms with Crippen LogP contribution in [0, 0.1) is 0 Å². The Labute approximate surface area is 163 Å². The molecule has 7 heteroatoms. The van der Waals surface area contributed by atoms with Crippen LogP contribution < -0.4 is 15.4 Å². The zero-order chi connectivity index (χ0) is 19.8. The first-order valence-corrected chi connectivity index (χ1v) is 8.91. The molecule has 0 fully saturated rings. The smallest absolute Gasteiger partial charge is 0.257 e. The summed E-state index contributed by atoms with van der Waals surface area (Å²) < 4.78 is 7.33. The molecule has 0 bridgehead atoms. The van der Waals surface area contributed by atoms with Crippen molar-refractivity contribution in [3.8, 4) is 11.4 Å². The number of ether oxygens (including phenoxy) is 1. The number of aromatic nitrogens is 2. The summed E-state index contributed by atoms with van der Waals surface area (Å²) in [6.07, 6.45) is 5.54. The first kappa shape index (κ1) is 19.2. The van der Waals surface area contributed by atoms with Gasteiger partial charge in [0.15, 0.2) is 6.61 Å². The van der Waals surface area contributed by atoms with E-state index in [1.807, 2.05) is 41.1 Å². The summed E-state index contributed by atoms with van der Waals surface area (Å²) in [7, 11) is 1.55. The Morgan fingerprint density at radius 2 is 1.96 bits per heavy atom. The summed E-state index contributed by atoms with van der Waals surface area (Å²) in [5.74, 6) is 0.253. The summed E-state index contributed by atoms with van der Waals surface area (Å²) in [5.41, 5.74) is 2.79. The van der Waals surface area contributed by atoms with E-state index in [1.165, 1.54) is 0 Å². The van der Waals surface area contributed by atoms with Crippen molar-refractivity contribution in [2.24, 2.45) is 0 Å². The zero-order valence-corrected chi connectivity index (χ0v) is 15.6. The lowest BCUT2D eigenvalue weighted by atomic mass is 10.1. The van der Waals surface area contributed by atoms with Crippen molar-refractivity contribution in [1.29, 1.82) is 0 Å². The third kappa shape index (κ3) is 5.20. The lowest BCUT2D eigenvalue weighted by molar-refractivity contribution is -0.122. The molecule has 2 amide bonds. The SMILES string of the molecule is CNC(=O)COc1cccc(CC(=O)NCc2ccccc2-n2ccnc2)c1. The number of benzene rings is 2. The largest absolute Gasteiger partial charge is 0.484 e. The summed E-state index contributed by atoms with van der Waals surface area (Å²) in [6, 6.07) is 15.0. The minimum atomic E-state index is -0.209. The van der Waals surface area contributed by atoms with Crippen molar-refractivity contribution in [3.63, 3.8) is 0 Å². The molecule has 3 aromatic rings. The van der Waals surface area contributed by atoms with Crippen molar-refractivity contribution < 1.29 is 14.3 Å². The molecule has 2 N–H and O–H groups in total. The van der Waals surface area contributed by atoms with E-state index >= 15 is 0 Å². The Morgan fingerprint density at radius 3 is 2.75 bits per heavy atom. The van der Waals surface area contributed by atoms with Gasteiger partial charge < -0.3 is 19.9 Å². The lowest BCUT2D eigenvalue weighted by Gasteiger charge is -2.12. The Hall–Kier alpha value is -3.61. The quantitative estimate of drug-likeness (QED) is 0.627. The number of nitrogens with one attached hydrogen (secondary N) is 2. The van der Waals surface area contributed by atoms with E-state index in [0.29, 0.717) is 12.3 Å². The molecule has 0 radical (unpaired) electrons. The number of nitrogens with zero attached hydrogens (tertiary/aromatic N) is 2. The van der Waals surface area contributed by atoms with E-state index in [9.17, 15) is 9.59 Å². The summed E-state index contributed by atoms with van der Waals surface area (Å²) in [5, 5.41) is 5.45. The Kier molecular flexibility index (Phi) is 6.41. The van der Waals surface area contributed by atoms with Gasteiger partial charge in [-0.2, -0.15) is 0 Å². The zero-order valence-electron chi connectivity index (χ0n) is 15.6. The maximum absolute atomic E-state index is 12.4. The molecule has 0 aliphatic carbocycles. The van der Waals surface area contributed by atoms with Crippen molar-refractivity contribution in [2.75, 3.05) is 13.7 Å². The van der Waals surface area contributed by atoms with E-state index in [4.69, 9.17) is 4.74 Å². The van der Waals surface area contributed by atoms with Gasteiger partial charge in [0.1, 0.15) is 5.75 Å². The van der Waals surface area contributed by atoms with Crippen LogP contribution in [-0.2, 0) is 22.6 Å². The fourth-order valence-corrected chi connectivity index (χ4v) is 2.72. The summed E-state index contributed by atoms with van der Waals surface area (Å²) in [6.45, 7) is 0.358. The maximum Gasteiger partial charge on any atom is 0.257 e. The number of rotatable bonds is 8. The fraction of sp³-hybridized carbons (Fsp3) is 0.190. The molecule has 0 aliphatic rings.